The highest BCUT2D eigenvalue weighted by Gasteiger charge is 2.34. The molecule has 1 aliphatic rings. The van der Waals surface area contributed by atoms with E-state index in [4.69, 9.17) is 23.7 Å². The van der Waals surface area contributed by atoms with Gasteiger partial charge in [0.15, 0.2) is 16.3 Å². The maximum absolute atomic E-state index is 13.9. The van der Waals surface area contributed by atoms with E-state index < -0.39 is 18.0 Å². The number of methoxy groups -OCH3 is 3. The van der Waals surface area contributed by atoms with Crippen LogP contribution in [0.15, 0.2) is 57.5 Å². The summed E-state index contributed by atoms with van der Waals surface area (Å²) in [7, 11) is 4.53. The number of allylic oxidation sites excluding steroid dienone is 1. The molecule has 1 aliphatic heterocycles. The van der Waals surface area contributed by atoms with Crippen molar-refractivity contribution >= 4 is 29.4 Å². The van der Waals surface area contributed by atoms with Gasteiger partial charge in [-0.1, -0.05) is 17.4 Å². The Bertz CT molecular complexity index is 1650. The first-order chi connectivity index (χ1) is 18.7. The lowest BCUT2D eigenvalue weighted by atomic mass is 9.95. The standard InChI is InChI=1S/C28H28N2O8S/c1-7-37-27(33)24-15(2)29-28-30(25(24)18-9-11-20(38-16(3)31)22(12-18)36-6)26(32)23(39-28)13-17-8-10-19(34-4)14-21(17)35-5/h8-14,25H,7H2,1-6H3. The van der Waals surface area contributed by atoms with Crippen molar-refractivity contribution in [2.75, 3.05) is 27.9 Å². The molecule has 39 heavy (non-hydrogen) atoms. The van der Waals surface area contributed by atoms with Crippen LogP contribution in [0.1, 0.15) is 37.9 Å². The Morgan fingerprint density at radius 3 is 2.41 bits per heavy atom. The van der Waals surface area contributed by atoms with E-state index in [1.807, 2.05) is 0 Å². The van der Waals surface area contributed by atoms with Crippen molar-refractivity contribution in [3.8, 4) is 23.0 Å². The Hall–Kier alpha value is -4.38. The molecule has 0 saturated heterocycles. The van der Waals surface area contributed by atoms with E-state index in [0.717, 1.165) is 0 Å². The van der Waals surface area contributed by atoms with E-state index in [1.165, 1.54) is 37.0 Å². The SMILES string of the molecule is CCOC(=O)C1=C(C)N=c2sc(=Cc3ccc(OC)cc3OC)c(=O)n2C1c1ccc(OC(C)=O)c(OC)c1. The molecule has 204 valence electrons. The molecule has 1 atom stereocenters. The normalized spacial score (nSPS) is 14.8. The van der Waals surface area contributed by atoms with Gasteiger partial charge in [0.1, 0.15) is 11.5 Å². The lowest BCUT2D eigenvalue weighted by Crippen LogP contribution is -2.40. The number of nitrogens with zero attached hydrogens (tertiary/aromatic N) is 2. The third kappa shape index (κ3) is 5.44. The van der Waals surface area contributed by atoms with Gasteiger partial charge in [0.25, 0.3) is 5.56 Å². The van der Waals surface area contributed by atoms with E-state index in [-0.39, 0.29) is 29.2 Å². The van der Waals surface area contributed by atoms with E-state index in [9.17, 15) is 14.4 Å². The van der Waals surface area contributed by atoms with Crippen LogP contribution < -0.4 is 33.8 Å². The summed E-state index contributed by atoms with van der Waals surface area (Å²) in [5, 5.41) is 0. The number of aromatic nitrogens is 1. The molecule has 1 unspecified atom stereocenters. The molecule has 0 fully saturated rings. The monoisotopic (exact) mass is 552 g/mol. The molecule has 0 radical (unpaired) electrons. The topological polar surface area (TPSA) is 115 Å². The lowest BCUT2D eigenvalue weighted by Gasteiger charge is -2.25. The summed E-state index contributed by atoms with van der Waals surface area (Å²) < 4.78 is 28.6. The maximum atomic E-state index is 13.9. The fourth-order valence-corrected chi connectivity index (χ4v) is 5.32. The summed E-state index contributed by atoms with van der Waals surface area (Å²) in [5.74, 6) is 0.540. The van der Waals surface area contributed by atoms with Crippen molar-refractivity contribution < 1.29 is 33.3 Å². The summed E-state index contributed by atoms with van der Waals surface area (Å²) in [6, 6.07) is 9.30. The molecule has 0 bridgehead atoms. The molecule has 0 saturated carbocycles. The van der Waals surface area contributed by atoms with Gasteiger partial charge in [0.05, 0.1) is 49.8 Å². The van der Waals surface area contributed by atoms with Crippen molar-refractivity contribution in [3.63, 3.8) is 0 Å². The minimum Gasteiger partial charge on any atom is -0.497 e. The number of thiazole rings is 1. The first-order valence-corrected chi connectivity index (χ1v) is 12.8. The number of fused-ring (bicyclic) bond motifs is 1. The van der Waals surface area contributed by atoms with Gasteiger partial charge in [0, 0.05) is 18.6 Å². The highest BCUT2D eigenvalue weighted by Crippen LogP contribution is 2.36. The quantitative estimate of drug-likeness (QED) is 0.310. The Kier molecular flexibility index (Phi) is 8.20. The smallest absolute Gasteiger partial charge is 0.338 e. The number of hydrogen-bond donors (Lipinski definition) is 0. The van der Waals surface area contributed by atoms with Crippen LogP contribution in [0.4, 0.5) is 0 Å². The van der Waals surface area contributed by atoms with Gasteiger partial charge in [-0.05, 0) is 49.8 Å². The molecule has 0 amide bonds. The second-order valence-electron chi connectivity index (χ2n) is 8.41. The van der Waals surface area contributed by atoms with E-state index >= 15 is 0 Å². The second kappa shape index (κ2) is 11.6. The maximum Gasteiger partial charge on any atom is 0.338 e. The van der Waals surface area contributed by atoms with Crippen LogP contribution in [0.2, 0.25) is 0 Å². The molecule has 0 N–H and O–H groups in total. The van der Waals surface area contributed by atoms with Gasteiger partial charge >= 0.3 is 11.9 Å². The molecule has 3 aromatic rings. The van der Waals surface area contributed by atoms with Crippen molar-refractivity contribution in [1.29, 1.82) is 0 Å². The van der Waals surface area contributed by atoms with Gasteiger partial charge in [-0.2, -0.15) is 0 Å². The Morgan fingerprint density at radius 2 is 1.77 bits per heavy atom. The number of rotatable bonds is 8. The van der Waals surface area contributed by atoms with Gasteiger partial charge in [-0.25, -0.2) is 9.79 Å². The zero-order chi connectivity index (χ0) is 28.3. The van der Waals surface area contributed by atoms with E-state index in [2.05, 4.69) is 4.99 Å². The summed E-state index contributed by atoms with van der Waals surface area (Å²) in [4.78, 5) is 43.5. The van der Waals surface area contributed by atoms with Gasteiger partial charge in [-0.3, -0.25) is 14.2 Å². The van der Waals surface area contributed by atoms with Crippen LogP contribution in [0.3, 0.4) is 0 Å². The molecule has 4 rings (SSSR count). The summed E-state index contributed by atoms with van der Waals surface area (Å²) in [5.41, 5.74) is 1.53. The first kappa shape index (κ1) is 27.6. The molecule has 0 spiro atoms. The first-order valence-electron chi connectivity index (χ1n) is 12.0. The number of benzene rings is 2. The average Bonchev–Trinajstić information content (AvgIpc) is 3.22. The minimum atomic E-state index is -0.861. The van der Waals surface area contributed by atoms with Crippen LogP contribution in [0.5, 0.6) is 23.0 Å². The molecular weight excluding hydrogens is 524 g/mol. The predicted octanol–water partition coefficient (Wildman–Crippen LogP) is 2.75. The van der Waals surface area contributed by atoms with Crippen LogP contribution >= 0.6 is 11.3 Å². The van der Waals surface area contributed by atoms with Crippen molar-refractivity contribution in [3.05, 3.63) is 78.5 Å². The summed E-state index contributed by atoms with van der Waals surface area (Å²) in [6.45, 7) is 4.84. The highest BCUT2D eigenvalue weighted by molar-refractivity contribution is 7.07. The highest BCUT2D eigenvalue weighted by atomic mass is 32.1. The van der Waals surface area contributed by atoms with Crippen LogP contribution in [0, 0.1) is 0 Å². The number of carbonyl (C=O) groups excluding carboxylic acids is 2. The van der Waals surface area contributed by atoms with E-state index in [1.54, 1.807) is 63.4 Å². The third-order valence-electron chi connectivity index (χ3n) is 6.00. The molecule has 0 aliphatic carbocycles. The number of hydrogen-bond acceptors (Lipinski definition) is 10. The largest absolute Gasteiger partial charge is 0.497 e. The zero-order valence-electron chi connectivity index (χ0n) is 22.4. The summed E-state index contributed by atoms with van der Waals surface area (Å²) >= 11 is 1.19. The Balaban J connectivity index is 1.95. The molecule has 2 aromatic carbocycles. The van der Waals surface area contributed by atoms with Crippen LogP contribution in [0.25, 0.3) is 6.08 Å². The van der Waals surface area contributed by atoms with Gasteiger partial charge in [0.2, 0.25) is 0 Å². The molecule has 11 heteroatoms. The van der Waals surface area contributed by atoms with Crippen LogP contribution in [-0.2, 0) is 14.3 Å². The number of carbonyl (C=O) groups is 2. The predicted molar refractivity (Wildman–Crippen MR) is 144 cm³/mol. The molecular formula is C28H28N2O8S. The zero-order valence-corrected chi connectivity index (χ0v) is 23.2. The van der Waals surface area contributed by atoms with Crippen LogP contribution in [-0.4, -0.2) is 44.4 Å². The van der Waals surface area contributed by atoms with Crippen molar-refractivity contribution in [2.24, 2.45) is 4.99 Å². The van der Waals surface area contributed by atoms with Gasteiger partial charge in [-0.15, -0.1) is 0 Å². The average molecular weight is 553 g/mol. The number of ether oxygens (including phenoxy) is 5. The fraction of sp³-hybridized carbons (Fsp3) is 0.286. The minimum absolute atomic E-state index is 0.152. The third-order valence-corrected chi connectivity index (χ3v) is 6.98. The molecule has 10 nitrogen and oxygen atoms in total. The molecule has 2 heterocycles. The Morgan fingerprint density at radius 1 is 1.03 bits per heavy atom. The fourth-order valence-electron chi connectivity index (χ4n) is 4.28. The van der Waals surface area contributed by atoms with E-state index in [0.29, 0.717) is 37.7 Å². The summed E-state index contributed by atoms with van der Waals surface area (Å²) in [6.07, 6.45) is 1.72. The van der Waals surface area contributed by atoms with Crippen molar-refractivity contribution in [1.82, 2.24) is 4.57 Å². The second-order valence-corrected chi connectivity index (χ2v) is 9.42. The Labute approximate surface area is 228 Å². The lowest BCUT2D eigenvalue weighted by molar-refractivity contribution is -0.139. The van der Waals surface area contributed by atoms with Gasteiger partial charge < -0.3 is 23.7 Å². The molecule has 1 aromatic heterocycles. The van der Waals surface area contributed by atoms with Crippen molar-refractivity contribution in [2.45, 2.75) is 26.8 Å². The number of esters is 2.